The number of rotatable bonds is 7. The molecule has 1 amide bonds. The van der Waals surface area contributed by atoms with Crippen LogP contribution >= 0.6 is 36.6 Å². The summed E-state index contributed by atoms with van der Waals surface area (Å²) in [6.45, 7) is 2.46. The second-order valence-electron chi connectivity index (χ2n) is 4.21. The molecule has 0 spiro atoms. The van der Waals surface area contributed by atoms with Gasteiger partial charge in [0.05, 0.1) is 5.69 Å². The van der Waals surface area contributed by atoms with Crippen LogP contribution in [0.4, 0.5) is 0 Å². The Labute approximate surface area is 137 Å². The van der Waals surface area contributed by atoms with E-state index in [2.05, 4.69) is 4.98 Å². The van der Waals surface area contributed by atoms with E-state index < -0.39 is 0 Å². The first kappa shape index (κ1) is 21.8. The summed E-state index contributed by atoms with van der Waals surface area (Å²) >= 11 is 1.73. The first-order chi connectivity index (χ1) is 8.65. The molecule has 1 aromatic heterocycles. The third-order valence-corrected chi connectivity index (χ3v) is 3.82. The van der Waals surface area contributed by atoms with Gasteiger partial charge in [0.1, 0.15) is 0 Å². The summed E-state index contributed by atoms with van der Waals surface area (Å²) in [6, 6.07) is 5.99. The highest BCUT2D eigenvalue weighted by molar-refractivity contribution is 7.98. The van der Waals surface area contributed by atoms with Crippen LogP contribution < -0.4 is 5.73 Å². The minimum absolute atomic E-state index is 0. The summed E-state index contributed by atoms with van der Waals surface area (Å²) in [5.74, 6) is 1.82. The van der Waals surface area contributed by atoms with Crippen molar-refractivity contribution in [3.8, 4) is 0 Å². The quantitative estimate of drug-likeness (QED) is 0.774. The number of halogens is 2. The number of pyridine rings is 1. The van der Waals surface area contributed by atoms with Crippen molar-refractivity contribution >= 4 is 42.5 Å². The lowest BCUT2D eigenvalue weighted by molar-refractivity contribution is -0.131. The van der Waals surface area contributed by atoms with E-state index in [1.165, 1.54) is 0 Å². The van der Waals surface area contributed by atoms with E-state index in [4.69, 9.17) is 5.73 Å². The number of nitrogens with two attached hydrogens (primary N) is 1. The molecule has 0 saturated carbocycles. The van der Waals surface area contributed by atoms with Gasteiger partial charge in [0.2, 0.25) is 5.91 Å². The fraction of sp³-hybridized carbons (Fsp3) is 0.538. The first-order valence-electron chi connectivity index (χ1n) is 6.08. The second-order valence-corrected chi connectivity index (χ2v) is 5.32. The monoisotopic (exact) mass is 339 g/mol. The molecule has 0 fully saturated rings. The van der Waals surface area contributed by atoms with Gasteiger partial charge in [-0.3, -0.25) is 9.78 Å². The molecule has 0 aromatic carbocycles. The predicted octanol–water partition coefficient (Wildman–Crippen LogP) is 2.35. The number of carbonyl (C=O) groups excluding carboxylic acids is 1. The van der Waals surface area contributed by atoms with Gasteiger partial charge in [-0.1, -0.05) is 6.07 Å². The minimum atomic E-state index is 0. The van der Waals surface area contributed by atoms with E-state index in [1.807, 2.05) is 32.2 Å². The number of carbonyl (C=O) groups is 1. The molecule has 0 bridgehead atoms. The molecule has 0 aliphatic carbocycles. The maximum Gasteiger partial charge on any atom is 0.223 e. The Balaban J connectivity index is 0. The number of amides is 1. The second kappa shape index (κ2) is 12.3. The lowest BCUT2D eigenvalue weighted by Crippen LogP contribution is -2.39. The van der Waals surface area contributed by atoms with Crippen molar-refractivity contribution in [1.82, 2.24) is 9.88 Å². The van der Waals surface area contributed by atoms with E-state index in [1.54, 1.807) is 22.9 Å². The van der Waals surface area contributed by atoms with Crippen LogP contribution in [0.1, 0.15) is 19.0 Å². The Bertz CT molecular complexity index is 368. The average molecular weight is 340 g/mol. The highest BCUT2D eigenvalue weighted by atomic mass is 35.5. The van der Waals surface area contributed by atoms with Gasteiger partial charge in [-0.15, -0.1) is 24.8 Å². The number of thioether (sulfide) groups is 1. The highest BCUT2D eigenvalue weighted by Gasteiger charge is 2.13. The van der Waals surface area contributed by atoms with Crippen LogP contribution in [0.5, 0.6) is 0 Å². The van der Waals surface area contributed by atoms with Crippen molar-refractivity contribution in [3.05, 3.63) is 30.1 Å². The largest absolute Gasteiger partial charge is 0.342 e. The van der Waals surface area contributed by atoms with Gasteiger partial charge in [-0.2, -0.15) is 11.8 Å². The molecule has 116 valence electrons. The zero-order valence-electron chi connectivity index (χ0n) is 11.8. The average Bonchev–Trinajstić information content (AvgIpc) is 2.42. The molecular weight excluding hydrogens is 317 g/mol. The number of likely N-dealkylation sites (N-methyl/N-ethyl adjacent to an activating group) is 1. The Morgan fingerprint density at radius 3 is 2.70 bits per heavy atom. The van der Waals surface area contributed by atoms with Crippen LogP contribution in [0.3, 0.4) is 0 Å². The van der Waals surface area contributed by atoms with E-state index in [-0.39, 0.29) is 36.8 Å². The van der Waals surface area contributed by atoms with Crippen LogP contribution in [-0.4, -0.2) is 41.2 Å². The lowest BCUT2D eigenvalue weighted by atomic mass is 10.3. The topological polar surface area (TPSA) is 59.2 Å². The molecule has 1 aromatic rings. The minimum Gasteiger partial charge on any atom is -0.342 e. The molecule has 1 rings (SSSR count). The van der Waals surface area contributed by atoms with Gasteiger partial charge < -0.3 is 10.6 Å². The molecule has 0 radical (unpaired) electrons. The molecular formula is C13H23Cl2N3OS. The van der Waals surface area contributed by atoms with Crippen LogP contribution in [-0.2, 0) is 10.5 Å². The van der Waals surface area contributed by atoms with Crippen LogP contribution in [0.15, 0.2) is 24.4 Å². The van der Waals surface area contributed by atoms with Gasteiger partial charge in [0.15, 0.2) is 0 Å². The first-order valence-corrected chi connectivity index (χ1v) is 7.24. The van der Waals surface area contributed by atoms with Gasteiger partial charge in [-0.25, -0.2) is 0 Å². The van der Waals surface area contributed by atoms with Crippen molar-refractivity contribution < 1.29 is 4.79 Å². The molecule has 0 aliphatic rings. The van der Waals surface area contributed by atoms with Crippen molar-refractivity contribution in [1.29, 1.82) is 0 Å². The Kier molecular flexibility index (Phi) is 13.4. The summed E-state index contributed by atoms with van der Waals surface area (Å²) in [5, 5.41) is 0. The van der Waals surface area contributed by atoms with E-state index in [9.17, 15) is 4.79 Å². The molecule has 0 saturated heterocycles. The van der Waals surface area contributed by atoms with Crippen molar-refractivity contribution in [2.24, 2.45) is 5.73 Å². The molecule has 4 nitrogen and oxygen atoms in total. The molecule has 7 heteroatoms. The Hall–Kier alpha value is -0.490. The highest BCUT2D eigenvalue weighted by Crippen LogP contribution is 2.11. The van der Waals surface area contributed by atoms with Crippen LogP contribution in [0.2, 0.25) is 0 Å². The van der Waals surface area contributed by atoms with Crippen LogP contribution in [0.25, 0.3) is 0 Å². The molecule has 2 N–H and O–H groups in total. The summed E-state index contributed by atoms with van der Waals surface area (Å²) in [4.78, 5) is 17.8. The standard InChI is InChI=1S/C13H21N3OS.2ClH/c1-11(9-14)16(2)13(17)6-8-18-10-12-5-3-4-7-15-12;;/h3-5,7,11H,6,8-10,14H2,1-2H3;2*1H. The summed E-state index contributed by atoms with van der Waals surface area (Å²) in [7, 11) is 1.81. The number of aromatic nitrogens is 1. The molecule has 1 unspecified atom stereocenters. The normalized spacial score (nSPS) is 10.9. The van der Waals surface area contributed by atoms with Gasteiger partial charge in [-0.05, 0) is 19.1 Å². The third kappa shape index (κ3) is 7.94. The van der Waals surface area contributed by atoms with Gasteiger partial charge >= 0.3 is 0 Å². The number of nitrogens with zero attached hydrogens (tertiary/aromatic N) is 2. The summed E-state index contributed by atoms with van der Waals surface area (Å²) in [6.07, 6.45) is 2.34. The summed E-state index contributed by atoms with van der Waals surface area (Å²) in [5.41, 5.74) is 6.59. The Morgan fingerprint density at radius 2 is 2.15 bits per heavy atom. The van der Waals surface area contributed by atoms with Crippen LogP contribution in [0, 0.1) is 0 Å². The Morgan fingerprint density at radius 1 is 1.45 bits per heavy atom. The maximum atomic E-state index is 11.8. The van der Waals surface area contributed by atoms with E-state index >= 15 is 0 Å². The zero-order chi connectivity index (χ0) is 13.4. The SMILES string of the molecule is CC(CN)N(C)C(=O)CCSCc1ccccn1.Cl.Cl. The van der Waals surface area contributed by atoms with Crippen molar-refractivity contribution in [2.75, 3.05) is 19.3 Å². The summed E-state index contributed by atoms with van der Waals surface area (Å²) < 4.78 is 0. The van der Waals surface area contributed by atoms with Gasteiger partial charge in [0, 0.05) is 43.8 Å². The molecule has 20 heavy (non-hydrogen) atoms. The number of hydrogen-bond acceptors (Lipinski definition) is 4. The lowest BCUT2D eigenvalue weighted by Gasteiger charge is -2.23. The molecule has 1 heterocycles. The van der Waals surface area contributed by atoms with Gasteiger partial charge in [0.25, 0.3) is 0 Å². The third-order valence-electron chi connectivity index (χ3n) is 2.83. The predicted molar refractivity (Wildman–Crippen MR) is 90.8 cm³/mol. The van der Waals surface area contributed by atoms with E-state index in [0.717, 1.165) is 17.2 Å². The van der Waals surface area contributed by atoms with Crippen molar-refractivity contribution in [3.63, 3.8) is 0 Å². The zero-order valence-corrected chi connectivity index (χ0v) is 14.3. The smallest absolute Gasteiger partial charge is 0.223 e. The number of hydrogen-bond donors (Lipinski definition) is 1. The van der Waals surface area contributed by atoms with Crippen molar-refractivity contribution in [2.45, 2.75) is 25.1 Å². The fourth-order valence-electron chi connectivity index (χ4n) is 1.40. The van der Waals surface area contributed by atoms with E-state index in [0.29, 0.717) is 13.0 Å². The molecule has 0 aliphatic heterocycles. The maximum absolute atomic E-state index is 11.8. The fourth-order valence-corrected chi connectivity index (χ4v) is 2.24. The molecule has 1 atom stereocenters.